The quantitative estimate of drug-likeness (QED) is 0.120. The highest BCUT2D eigenvalue weighted by molar-refractivity contribution is 5.98. The molecule has 1 fully saturated rings. The Morgan fingerprint density at radius 1 is 0.906 bits per heavy atom. The predicted octanol–water partition coefficient (Wildman–Crippen LogP) is 5.25. The first-order valence-corrected chi connectivity index (χ1v) is 17.3. The van der Waals surface area contributed by atoms with Crippen LogP contribution in [-0.4, -0.2) is 82.0 Å². The lowest BCUT2D eigenvalue weighted by Gasteiger charge is -2.29. The Kier molecular flexibility index (Phi) is 12.3. The maximum atomic E-state index is 13.8. The highest BCUT2D eigenvalue weighted by atomic mass is 16.6. The zero-order valence-corrected chi connectivity index (χ0v) is 30.4. The summed E-state index contributed by atoms with van der Waals surface area (Å²) in [5.74, 6) is -0.691. The van der Waals surface area contributed by atoms with Crippen molar-refractivity contribution in [3.05, 3.63) is 71.8 Å². The van der Waals surface area contributed by atoms with E-state index in [1.165, 1.54) is 26.4 Å². The highest BCUT2D eigenvalue weighted by Gasteiger charge is 2.30. The Balaban J connectivity index is 1.29. The molecule has 1 aliphatic rings. The fourth-order valence-corrected chi connectivity index (χ4v) is 6.25. The minimum atomic E-state index is -1.11. The molecule has 1 aromatic heterocycles. The van der Waals surface area contributed by atoms with Gasteiger partial charge in [-0.1, -0.05) is 24.3 Å². The van der Waals surface area contributed by atoms with E-state index in [4.69, 9.17) is 14.2 Å². The molecule has 3 aromatic carbocycles. The number of aromatic nitrogens is 4. The Bertz CT molecular complexity index is 1860. The van der Waals surface area contributed by atoms with E-state index in [2.05, 4.69) is 36.6 Å². The molecule has 15 heteroatoms. The normalized spacial score (nSPS) is 16.2. The number of tetrazole rings is 1. The third-order valence-corrected chi connectivity index (χ3v) is 8.98. The second kappa shape index (κ2) is 17.0. The van der Waals surface area contributed by atoms with Gasteiger partial charge in [-0.25, -0.2) is 9.59 Å². The molecule has 0 spiro atoms. The van der Waals surface area contributed by atoms with Crippen molar-refractivity contribution >= 4 is 29.6 Å². The summed E-state index contributed by atoms with van der Waals surface area (Å²) in [4.78, 5) is 51.2. The molecule has 1 atom stereocenters. The van der Waals surface area contributed by atoms with E-state index < -0.39 is 29.6 Å². The monoisotopic (exact) mass is 727 g/mol. The number of aromatic amines is 1. The zero-order chi connectivity index (χ0) is 38.1. The molecule has 1 aliphatic carbocycles. The fraction of sp³-hybridized carbons (Fsp3) is 0.395. The maximum absolute atomic E-state index is 13.8. The summed E-state index contributed by atoms with van der Waals surface area (Å²) < 4.78 is 16.4. The molecular weight excluding hydrogens is 682 g/mol. The Labute approximate surface area is 307 Å². The van der Waals surface area contributed by atoms with E-state index in [1.54, 1.807) is 24.3 Å². The van der Waals surface area contributed by atoms with Crippen LogP contribution in [0.4, 0.5) is 10.5 Å². The van der Waals surface area contributed by atoms with E-state index in [0.29, 0.717) is 59.1 Å². The summed E-state index contributed by atoms with van der Waals surface area (Å²) in [6, 6.07) is 16.3. The number of methoxy groups -OCH3 is 2. The number of benzene rings is 3. The van der Waals surface area contributed by atoms with Crippen LogP contribution in [0.15, 0.2) is 60.7 Å². The number of hydrogen-bond acceptors (Lipinski definition) is 10. The van der Waals surface area contributed by atoms with Gasteiger partial charge in [0, 0.05) is 30.1 Å². The molecular formula is C38H45N7O8. The smallest absolute Gasteiger partial charge is 0.407 e. The highest BCUT2D eigenvalue weighted by Crippen LogP contribution is 2.40. The lowest BCUT2D eigenvalue weighted by Crippen LogP contribution is -2.48. The van der Waals surface area contributed by atoms with Crippen LogP contribution in [0, 0.1) is 11.8 Å². The molecule has 15 nitrogen and oxygen atoms in total. The van der Waals surface area contributed by atoms with Gasteiger partial charge in [-0.05, 0) is 105 Å². The van der Waals surface area contributed by atoms with Crippen molar-refractivity contribution in [1.29, 1.82) is 0 Å². The Morgan fingerprint density at radius 3 is 2.08 bits per heavy atom. The number of nitrogens with one attached hydrogen (secondary N) is 4. The summed E-state index contributed by atoms with van der Waals surface area (Å²) in [6.07, 6.45) is 2.48. The van der Waals surface area contributed by atoms with Crippen LogP contribution in [0.25, 0.3) is 22.5 Å². The van der Waals surface area contributed by atoms with Gasteiger partial charge in [-0.15, -0.1) is 10.2 Å². The van der Waals surface area contributed by atoms with Gasteiger partial charge >= 0.3 is 12.1 Å². The second-order valence-corrected chi connectivity index (χ2v) is 13.9. The Hall–Kier alpha value is -5.99. The van der Waals surface area contributed by atoms with Gasteiger partial charge in [0.15, 0.2) is 0 Å². The van der Waals surface area contributed by atoms with Crippen molar-refractivity contribution in [2.75, 3.05) is 26.1 Å². The topological polar surface area (TPSA) is 207 Å². The van der Waals surface area contributed by atoms with Crippen LogP contribution >= 0.6 is 0 Å². The van der Waals surface area contributed by atoms with Gasteiger partial charge in [0.2, 0.25) is 17.6 Å². The molecule has 5 N–H and O–H groups in total. The van der Waals surface area contributed by atoms with Gasteiger partial charge in [-0.3, -0.25) is 9.59 Å². The van der Waals surface area contributed by atoms with Gasteiger partial charge in [0.05, 0.1) is 25.3 Å². The van der Waals surface area contributed by atoms with E-state index in [-0.39, 0.29) is 29.7 Å². The van der Waals surface area contributed by atoms with Crippen LogP contribution in [-0.2, 0) is 20.7 Å². The number of carbonyl (C=O) groups excluding carboxylic acids is 3. The third-order valence-electron chi connectivity index (χ3n) is 8.98. The molecule has 53 heavy (non-hydrogen) atoms. The first kappa shape index (κ1) is 38.2. The number of rotatable bonds is 13. The van der Waals surface area contributed by atoms with Gasteiger partial charge in [-0.2, -0.15) is 5.21 Å². The standard InChI is InChI=1S/C38H45N7O8/c1-38(2,3)53-37(50)39-21-23-8-12-26(13-9-23)34(46)41-29(35(47)40-28-16-14-25(15-17-28)33-42-44-45-43-33)18-22-6-10-24(11-7-22)32-30(51-4)19-27(36(48)49)20-31(32)52-5/h6-7,10-11,14-17,19-20,23,26,29H,8-9,12-13,18,21H2,1-5H3,(H,39,50)(H,40,47)(H,41,46)(H,48,49)(H,42,43,44,45). The molecule has 280 valence electrons. The van der Waals surface area contributed by atoms with E-state index in [1.807, 2.05) is 45.0 Å². The predicted molar refractivity (Wildman–Crippen MR) is 196 cm³/mol. The average Bonchev–Trinajstić information content (AvgIpc) is 3.68. The lowest BCUT2D eigenvalue weighted by atomic mass is 9.81. The Morgan fingerprint density at radius 2 is 1.53 bits per heavy atom. The summed E-state index contributed by atoms with van der Waals surface area (Å²) in [5, 5.41) is 32.2. The fourth-order valence-electron chi connectivity index (χ4n) is 6.25. The number of H-pyrrole nitrogens is 1. The molecule has 4 aromatic rings. The molecule has 0 aliphatic heterocycles. The van der Waals surface area contributed by atoms with Crippen molar-refractivity contribution in [2.45, 2.75) is 64.5 Å². The van der Waals surface area contributed by atoms with Crippen LogP contribution < -0.4 is 25.4 Å². The van der Waals surface area contributed by atoms with Crippen molar-refractivity contribution in [3.8, 4) is 34.0 Å². The minimum absolute atomic E-state index is 0.0269. The SMILES string of the molecule is COc1cc(C(=O)O)cc(OC)c1-c1ccc(CC(NC(=O)C2CCC(CNC(=O)OC(C)(C)C)CC2)C(=O)Nc2ccc(-c3nn[nH]n3)cc2)cc1. The second-order valence-electron chi connectivity index (χ2n) is 13.9. The lowest BCUT2D eigenvalue weighted by molar-refractivity contribution is -0.130. The number of aromatic carboxylic acids is 1. The summed E-state index contributed by atoms with van der Waals surface area (Å²) in [6.45, 7) is 5.90. The van der Waals surface area contributed by atoms with Crippen molar-refractivity contribution < 1.29 is 38.5 Å². The molecule has 1 unspecified atom stereocenters. The largest absolute Gasteiger partial charge is 0.496 e. The number of carbonyl (C=O) groups is 4. The third kappa shape index (κ3) is 10.3. The van der Waals surface area contributed by atoms with Crippen LogP contribution in [0.5, 0.6) is 11.5 Å². The number of nitrogens with zero attached hydrogens (tertiary/aromatic N) is 3. The molecule has 1 heterocycles. The number of anilines is 1. The molecule has 3 amide bonds. The van der Waals surface area contributed by atoms with Crippen molar-refractivity contribution in [1.82, 2.24) is 31.3 Å². The van der Waals surface area contributed by atoms with Crippen LogP contribution in [0.1, 0.15) is 62.4 Å². The van der Waals surface area contributed by atoms with E-state index in [9.17, 15) is 24.3 Å². The number of carboxylic acids is 1. The number of hydrogen-bond donors (Lipinski definition) is 5. The van der Waals surface area contributed by atoms with Gasteiger partial charge < -0.3 is 35.3 Å². The minimum Gasteiger partial charge on any atom is -0.496 e. The first-order valence-electron chi connectivity index (χ1n) is 17.3. The summed E-state index contributed by atoms with van der Waals surface area (Å²) in [7, 11) is 2.91. The maximum Gasteiger partial charge on any atom is 0.407 e. The van der Waals surface area contributed by atoms with Crippen LogP contribution in [0.3, 0.4) is 0 Å². The molecule has 1 saturated carbocycles. The molecule has 5 rings (SSSR count). The van der Waals surface area contributed by atoms with E-state index >= 15 is 0 Å². The van der Waals surface area contributed by atoms with Gasteiger partial charge in [0.25, 0.3) is 0 Å². The summed E-state index contributed by atoms with van der Waals surface area (Å²) in [5.41, 5.74) is 2.75. The number of amides is 3. The number of alkyl carbamates (subject to hydrolysis) is 1. The molecule has 0 bridgehead atoms. The molecule has 0 saturated heterocycles. The van der Waals surface area contributed by atoms with Crippen LogP contribution in [0.2, 0.25) is 0 Å². The van der Waals surface area contributed by atoms with Crippen molar-refractivity contribution in [3.63, 3.8) is 0 Å². The first-order chi connectivity index (χ1) is 25.3. The van der Waals surface area contributed by atoms with Gasteiger partial charge in [0.1, 0.15) is 23.1 Å². The molecule has 0 radical (unpaired) electrons. The summed E-state index contributed by atoms with van der Waals surface area (Å²) >= 11 is 0. The zero-order valence-electron chi connectivity index (χ0n) is 30.4. The average molecular weight is 728 g/mol. The van der Waals surface area contributed by atoms with Crippen molar-refractivity contribution in [2.24, 2.45) is 11.8 Å². The number of carboxylic acid groups (broad SMARTS) is 1. The van der Waals surface area contributed by atoms with E-state index in [0.717, 1.165) is 18.4 Å². The number of ether oxygens (including phenoxy) is 3.